The van der Waals surface area contributed by atoms with Crippen molar-refractivity contribution < 1.29 is 9.18 Å². The molecule has 0 fully saturated rings. The second-order valence-corrected chi connectivity index (χ2v) is 8.55. The Kier molecular flexibility index (Phi) is 6.30. The molecule has 0 bridgehead atoms. The van der Waals surface area contributed by atoms with Crippen LogP contribution in [-0.4, -0.2) is 16.7 Å². The Labute approximate surface area is 161 Å². The Balaban J connectivity index is 0.00000225. The fraction of sp³-hybridized carbons (Fsp3) is 0.333. The van der Waals surface area contributed by atoms with Crippen molar-refractivity contribution in [3.63, 3.8) is 0 Å². The van der Waals surface area contributed by atoms with Crippen LogP contribution in [-0.2, 0) is 12.0 Å². The standard InChI is InChI=1S/C18H19FN2OS2.ClH/c1-11-3-6-16(24-11)15(22)10-12-4-5-14(19)13(9-12)18(2)7-8-23-17(20)21-18;/h3-6,9H,7-8,10H2,1-2H3,(H2,20,21);1H/t18-;/m0./s1. The molecule has 1 aliphatic heterocycles. The number of rotatable bonds is 4. The number of ketones is 1. The van der Waals surface area contributed by atoms with Gasteiger partial charge in [-0.1, -0.05) is 17.8 Å². The summed E-state index contributed by atoms with van der Waals surface area (Å²) in [6, 6.07) is 8.64. The van der Waals surface area contributed by atoms with Crippen molar-refractivity contribution in [2.75, 3.05) is 5.75 Å². The minimum absolute atomic E-state index is 0. The van der Waals surface area contributed by atoms with Gasteiger partial charge in [0.05, 0.1) is 10.4 Å². The number of thioether (sulfide) groups is 1. The molecule has 0 amide bonds. The largest absolute Gasteiger partial charge is 0.379 e. The zero-order chi connectivity index (χ0) is 17.3. The summed E-state index contributed by atoms with van der Waals surface area (Å²) in [6.45, 7) is 3.87. The molecule has 2 heterocycles. The van der Waals surface area contributed by atoms with E-state index in [0.29, 0.717) is 10.7 Å². The van der Waals surface area contributed by atoms with E-state index in [1.165, 1.54) is 29.2 Å². The number of carbonyl (C=O) groups excluding carboxylic acids is 1. The van der Waals surface area contributed by atoms with E-state index in [4.69, 9.17) is 5.73 Å². The fourth-order valence-corrected chi connectivity index (χ4v) is 4.61. The number of aliphatic imine (C=N–C) groups is 1. The monoisotopic (exact) mass is 398 g/mol. The number of nitrogens with zero attached hydrogens (tertiary/aromatic N) is 1. The lowest BCUT2D eigenvalue weighted by molar-refractivity contribution is 0.0996. The summed E-state index contributed by atoms with van der Waals surface area (Å²) in [7, 11) is 0. The smallest absolute Gasteiger partial charge is 0.177 e. The Morgan fingerprint density at radius 2 is 2.12 bits per heavy atom. The molecule has 0 unspecified atom stereocenters. The first-order valence-corrected chi connectivity index (χ1v) is 9.54. The van der Waals surface area contributed by atoms with Gasteiger partial charge in [-0.05, 0) is 50.1 Å². The van der Waals surface area contributed by atoms with E-state index in [9.17, 15) is 9.18 Å². The van der Waals surface area contributed by atoms with E-state index in [-0.39, 0.29) is 30.4 Å². The van der Waals surface area contributed by atoms with E-state index >= 15 is 0 Å². The van der Waals surface area contributed by atoms with Gasteiger partial charge >= 0.3 is 0 Å². The lowest BCUT2D eigenvalue weighted by atomic mass is 9.87. The molecule has 134 valence electrons. The molecule has 7 heteroatoms. The fourth-order valence-electron chi connectivity index (χ4n) is 2.83. The highest BCUT2D eigenvalue weighted by atomic mass is 35.5. The maximum atomic E-state index is 14.4. The zero-order valence-electron chi connectivity index (χ0n) is 14.0. The average molecular weight is 399 g/mol. The number of carbonyl (C=O) groups is 1. The highest BCUT2D eigenvalue weighted by Crippen LogP contribution is 2.36. The van der Waals surface area contributed by atoms with Gasteiger partial charge in [-0.2, -0.15) is 0 Å². The summed E-state index contributed by atoms with van der Waals surface area (Å²) in [6.07, 6.45) is 0.980. The number of aryl methyl sites for hydroxylation is 1. The predicted molar refractivity (Wildman–Crippen MR) is 107 cm³/mol. The van der Waals surface area contributed by atoms with Crippen molar-refractivity contribution in [3.05, 3.63) is 57.0 Å². The summed E-state index contributed by atoms with van der Waals surface area (Å²) < 4.78 is 14.4. The molecule has 0 spiro atoms. The van der Waals surface area contributed by atoms with Crippen LogP contribution < -0.4 is 5.73 Å². The zero-order valence-corrected chi connectivity index (χ0v) is 16.5. The van der Waals surface area contributed by atoms with Crippen molar-refractivity contribution in [2.24, 2.45) is 10.7 Å². The quantitative estimate of drug-likeness (QED) is 0.759. The maximum Gasteiger partial charge on any atom is 0.177 e. The molecular weight excluding hydrogens is 379 g/mol. The molecule has 1 atom stereocenters. The molecule has 2 N–H and O–H groups in total. The second kappa shape index (κ2) is 7.89. The summed E-state index contributed by atoms with van der Waals surface area (Å²) in [4.78, 5) is 18.7. The number of amidine groups is 1. The molecule has 1 aromatic carbocycles. The van der Waals surface area contributed by atoms with Crippen LogP contribution in [0, 0.1) is 12.7 Å². The number of benzene rings is 1. The van der Waals surface area contributed by atoms with Crippen LogP contribution in [0.1, 0.15) is 39.0 Å². The van der Waals surface area contributed by atoms with Gasteiger partial charge in [0, 0.05) is 22.6 Å². The Morgan fingerprint density at radius 1 is 1.36 bits per heavy atom. The highest BCUT2D eigenvalue weighted by Gasteiger charge is 2.32. The van der Waals surface area contributed by atoms with Gasteiger partial charge in [0.15, 0.2) is 11.0 Å². The Bertz CT molecular complexity index is 821. The number of Topliss-reactive ketones (excluding diaryl/α,β-unsaturated/α-hetero) is 1. The van der Waals surface area contributed by atoms with E-state index in [1.54, 1.807) is 12.1 Å². The van der Waals surface area contributed by atoms with Crippen molar-refractivity contribution in [3.8, 4) is 0 Å². The normalized spacial score (nSPS) is 19.9. The third-order valence-electron chi connectivity index (χ3n) is 4.19. The van der Waals surface area contributed by atoms with E-state index < -0.39 is 5.54 Å². The minimum Gasteiger partial charge on any atom is -0.379 e. The first-order chi connectivity index (χ1) is 11.4. The van der Waals surface area contributed by atoms with Crippen molar-refractivity contribution in [1.29, 1.82) is 0 Å². The number of hydrogen-bond acceptors (Lipinski definition) is 5. The SMILES string of the molecule is Cc1ccc(C(=O)Cc2ccc(F)c([C@]3(C)CCSC(N)=N3)c2)s1.Cl. The van der Waals surface area contributed by atoms with Gasteiger partial charge < -0.3 is 5.73 Å². The van der Waals surface area contributed by atoms with Gasteiger partial charge in [0.25, 0.3) is 0 Å². The van der Waals surface area contributed by atoms with Crippen LogP contribution in [0.3, 0.4) is 0 Å². The lowest BCUT2D eigenvalue weighted by Gasteiger charge is -2.30. The topological polar surface area (TPSA) is 55.5 Å². The van der Waals surface area contributed by atoms with E-state index in [1.807, 2.05) is 26.0 Å². The molecule has 0 radical (unpaired) electrons. The highest BCUT2D eigenvalue weighted by molar-refractivity contribution is 8.13. The van der Waals surface area contributed by atoms with Crippen LogP contribution in [0.15, 0.2) is 35.3 Å². The number of thiophene rings is 1. The molecule has 3 nitrogen and oxygen atoms in total. The van der Waals surface area contributed by atoms with Gasteiger partial charge in [-0.25, -0.2) is 4.39 Å². The molecule has 0 saturated heterocycles. The first kappa shape index (κ1) is 19.9. The summed E-state index contributed by atoms with van der Waals surface area (Å²) in [5, 5.41) is 0.485. The number of halogens is 2. The molecule has 25 heavy (non-hydrogen) atoms. The van der Waals surface area contributed by atoms with Crippen LogP contribution in [0.5, 0.6) is 0 Å². The number of nitrogens with two attached hydrogens (primary N) is 1. The van der Waals surface area contributed by atoms with Crippen LogP contribution in [0.4, 0.5) is 4.39 Å². The number of hydrogen-bond donors (Lipinski definition) is 1. The molecule has 0 saturated carbocycles. The predicted octanol–water partition coefficient (Wildman–Crippen LogP) is 4.71. The summed E-state index contributed by atoms with van der Waals surface area (Å²) >= 11 is 2.97. The molecule has 2 aromatic rings. The van der Waals surface area contributed by atoms with Crippen LogP contribution >= 0.6 is 35.5 Å². The first-order valence-electron chi connectivity index (χ1n) is 7.74. The third kappa shape index (κ3) is 4.43. The maximum absolute atomic E-state index is 14.4. The summed E-state index contributed by atoms with van der Waals surface area (Å²) in [5.74, 6) is 0.560. The van der Waals surface area contributed by atoms with E-state index in [0.717, 1.165) is 27.5 Å². The lowest BCUT2D eigenvalue weighted by Crippen LogP contribution is -2.29. The second-order valence-electron chi connectivity index (χ2n) is 6.15. The molecule has 0 aliphatic carbocycles. The molecule has 3 rings (SSSR count). The third-order valence-corrected chi connectivity index (χ3v) is 6.02. The Hall–Kier alpha value is -1.37. The average Bonchev–Trinajstić information content (AvgIpc) is 2.95. The van der Waals surface area contributed by atoms with Gasteiger partial charge in [-0.15, -0.1) is 23.7 Å². The van der Waals surface area contributed by atoms with Gasteiger partial charge in [-0.3, -0.25) is 9.79 Å². The Morgan fingerprint density at radius 3 is 2.76 bits per heavy atom. The molecular formula is C18H20ClFN2OS2. The minimum atomic E-state index is -0.669. The van der Waals surface area contributed by atoms with Crippen molar-refractivity contribution in [1.82, 2.24) is 0 Å². The van der Waals surface area contributed by atoms with Crippen molar-refractivity contribution in [2.45, 2.75) is 32.2 Å². The van der Waals surface area contributed by atoms with Crippen molar-refractivity contribution >= 4 is 46.5 Å². The van der Waals surface area contributed by atoms with E-state index in [2.05, 4.69) is 4.99 Å². The van der Waals surface area contributed by atoms with Crippen LogP contribution in [0.25, 0.3) is 0 Å². The summed E-state index contributed by atoms with van der Waals surface area (Å²) in [5.41, 5.74) is 6.48. The molecule has 1 aromatic heterocycles. The molecule has 1 aliphatic rings. The van der Waals surface area contributed by atoms with Crippen LogP contribution in [0.2, 0.25) is 0 Å². The van der Waals surface area contributed by atoms with Gasteiger partial charge in [0.1, 0.15) is 5.82 Å². The van der Waals surface area contributed by atoms with Gasteiger partial charge in [0.2, 0.25) is 0 Å².